The third-order valence-corrected chi connectivity index (χ3v) is 4.43. The zero-order valence-corrected chi connectivity index (χ0v) is 16.7. The second kappa shape index (κ2) is 9.40. The van der Waals surface area contributed by atoms with Gasteiger partial charge in [-0.2, -0.15) is 10.1 Å². The molecule has 10 nitrogen and oxygen atoms in total. The minimum atomic E-state index is -0.395. The van der Waals surface area contributed by atoms with E-state index in [1.165, 1.54) is 6.21 Å². The molecule has 1 aromatic heterocycles. The number of aryl methyl sites for hydroxylation is 1. The van der Waals surface area contributed by atoms with E-state index < -0.39 is 5.91 Å². The van der Waals surface area contributed by atoms with Crippen LogP contribution < -0.4 is 24.5 Å². The summed E-state index contributed by atoms with van der Waals surface area (Å²) in [5.74, 6) is 1.88. The van der Waals surface area contributed by atoms with Gasteiger partial charge >= 0.3 is 0 Å². The maximum Gasteiger partial charge on any atom is 0.278 e. The molecule has 30 heavy (non-hydrogen) atoms. The quantitative estimate of drug-likeness (QED) is 0.550. The molecule has 0 atom stereocenters. The molecular weight excluding hydrogens is 390 g/mol. The normalized spacial score (nSPS) is 15.8. The molecular formula is C20H23N5O5. The molecule has 0 bridgehead atoms. The van der Waals surface area contributed by atoms with Crippen LogP contribution in [0.25, 0.3) is 0 Å². The number of carbonyl (C=O) groups is 1. The molecule has 0 aliphatic carbocycles. The number of nitrogens with zero attached hydrogens (tertiary/aromatic N) is 4. The first-order valence-electron chi connectivity index (χ1n) is 9.70. The highest BCUT2D eigenvalue weighted by atomic mass is 16.6. The first-order valence-corrected chi connectivity index (χ1v) is 9.70. The van der Waals surface area contributed by atoms with Crippen molar-refractivity contribution >= 4 is 18.1 Å². The van der Waals surface area contributed by atoms with Crippen LogP contribution in [0.5, 0.6) is 17.4 Å². The maximum atomic E-state index is 12.0. The van der Waals surface area contributed by atoms with Gasteiger partial charge in [0.25, 0.3) is 5.91 Å². The van der Waals surface area contributed by atoms with Gasteiger partial charge in [-0.05, 0) is 30.7 Å². The Morgan fingerprint density at radius 1 is 1.17 bits per heavy atom. The van der Waals surface area contributed by atoms with E-state index in [0.717, 1.165) is 24.3 Å². The summed E-state index contributed by atoms with van der Waals surface area (Å²) in [5, 5.41) is 3.96. The number of benzene rings is 1. The number of hydrazone groups is 1. The van der Waals surface area contributed by atoms with Crippen molar-refractivity contribution in [1.29, 1.82) is 0 Å². The van der Waals surface area contributed by atoms with E-state index >= 15 is 0 Å². The molecule has 3 heterocycles. The Balaban J connectivity index is 1.29. The second-order valence-corrected chi connectivity index (χ2v) is 6.73. The Kier molecular flexibility index (Phi) is 6.23. The number of nitrogens with one attached hydrogen (secondary N) is 1. The molecule has 10 heteroatoms. The molecule has 2 aromatic rings. The number of aromatic nitrogens is 2. The maximum absolute atomic E-state index is 12.0. The van der Waals surface area contributed by atoms with E-state index in [2.05, 4.69) is 20.5 Å². The van der Waals surface area contributed by atoms with Crippen LogP contribution in [0.2, 0.25) is 0 Å². The summed E-state index contributed by atoms with van der Waals surface area (Å²) in [6.07, 6.45) is 1.53. The Hall–Kier alpha value is -3.40. The number of anilines is 1. The minimum absolute atomic E-state index is 0.211. The van der Waals surface area contributed by atoms with Gasteiger partial charge in [-0.1, -0.05) is 0 Å². The molecule has 2 aliphatic heterocycles. The Labute approximate surface area is 173 Å². The van der Waals surface area contributed by atoms with Crippen LogP contribution in [0.3, 0.4) is 0 Å². The number of fused-ring (bicyclic) bond motifs is 1. The van der Waals surface area contributed by atoms with Gasteiger partial charge in [0.1, 0.15) is 13.2 Å². The van der Waals surface area contributed by atoms with Crippen LogP contribution in [0.1, 0.15) is 11.3 Å². The zero-order valence-electron chi connectivity index (χ0n) is 16.7. The van der Waals surface area contributed by atoms with E-state index in [1.807, 2.05) is 24.0 Å². The zero-order chi connectivity index (χ0) is 20.8. The van der Waals surface area contributed by atoms with Crippen molar-refractivity contribution in [3.05, 3.63) is 35.5 Å². The average Bonchev–Trinajstić information content (AvgIpc) is 2.78. The van der Waals surface area contributed by atoms with Crippen molar-refractivity contribution in [3.63, 3.8) is 0 Å². The van der Waals surface area contributed by atoms with E-state index in [1.54, 1.807) is 12.1 Å². The molecule has 1 amide bonds. The molecule has 4 rings (SSSR count). The van der Waals surface area contributed by atoms with Gasteiger partial charge in [-0.3, -0.25) is 4.79 Å². The number of hydrogen-bond acceptors (Lipinski definition) is 9. The smallest absolute Gasteiger partial charge is 0.278 e. The van der Waals surface area contributed by atoms with Crippen LogP contribution >= 0.6 is 0 Å². The van der Waals surface area contributed by atoms with E-state index in [4.69, 9.17) is 18.9 Å². The lowest BCUT2D eigenvalue weighted by molar-refractivity contribution is -0.123. The van der Waals surface area contributed by atoms with Crippen molar-refractivity contribution in [1.82, 2.24) is 15.4 Å². The summed E-state index contributed by atoms with van der Waals surface area (Å²) in [6.45, 7) is 5.41. The standard InChI is InChI=1S/C20H23N5O5/c1-14-10-19(23-20(22-14)25-4-6-27-7-5-25)30-13-18(26)24-21-12-15-2-3-16-17(11-15)29-9-8-28-16/h2-3,10-12H,4-9,13H2,1H3,(H,24,26). The molecule has 1 fully saturated rings. The molecule has 158 valence electrons. The minimum Gasteiger partial charge on any atom is -0.486 e. The Bertz CT molecular complexity index is 930. The summed E-state index contributed by atoms with van der Waals surface area (Å²) < 4.78 is 21.9. The summed E-state index contributed by atoms with van der Waals surface area (Å²) >= 11 is 0. The molecule has 0 radical (unpaired) electrons. The number of ether oxygens (including phenoxy) is 4. The topological polar surface area (TPSA) is 107 Å². The Morgan fingerprint density at radius 2 is 1.97 bits per heavy atom. The van der Waals surface area contributed by atoms with Crippen LogP contribution in [-0.4, -0.2) is 68.2 Å². The van der Waals surface area contributed by atoms with Crippen molar-refractivity contribution in [2.24, 2.45) is 5.10 Å². The fourth-order valence-electron chi connectivity index (χ4n) is 2.99. The third-order valence-electron chi connectivity index (χ3n) is 4.43. The largest absolute Gasteiger partial charge is 0.486 e. The Morgan fingerprint density at radius 3 is 2.80 bits per heavy atom. The van der Waals surface area contributed by atoms with Crippen LogP contribution in [0.4, 0.5) is 5.95 Å². The van der Waals surface area contributed by atoms with Crippen LogP contribution in [0, 0.1) is 6.92 Å². The third kappa shape index (κ3) is 5.15. The predicted octanol–water partition coefficient (Wildman–Crippen LogP) is 0.922. The fraction of sp³-hybridized carbons (Fsp3) is 0.400. The van der Waals surface area contributed by atoms with E-state index in [-0.39, 0.29) is 6.61 Å². The summed E-state index contributed by atoms with van der Waals surface area (Å²) in [5.41, 5.74) is 3.98. The number of carbonyl (C=O) groups excluding carboxylic acids is 1. The van der Waals surface area contributed by atoms with Crippen LogP contribution in [-0.2, 0) is 9.53 Å². The number of amides is 1. The van der Waals surface area contributed by atoms with E-state index in [0.29, 0.717) is 49.8 Å². The van der Waals surface area contributed by atoms with Crippen molar-refractivity contribution in [3.8, 4) is 17.4 Å². The highest BCUT2D eigenvalue weighted by Crippen LogP contribution is 2.30. The molecule has 1 aromatic carbocycles. The lowest BCUT2D eigenvalue weighted by Gasteiger charge is -2.27. The fourth-order valence-corrected chi connectivity index (χ4v) is 2.99. The predicted molar refractivity (Wildman–Crippen MR) is 108 cm³/mol. The second-order valence-electron chi connectivity index (χ2n) is 6.73. The monoisotopic (exact) mass is 413 g/mol. The molecule has 0 spiro atoms. The molecule has 1 saturated heterocycles. The molecule has 0 unspecified atom stereocenters. The number of hydrogen-bond donors (Lipinski definition) is 1. The summed E-state index contributed by atoms with van der Waals surface area (Å²) in [7, 11) is 0. The molecule has 2 aliphatic rings. The molecule has 1 N–H and O–H groups in total. The first kappa shape index (κ1) is 19.9. The summed E-state index contributed by atoms with van der Waals surface area (Å²) in [4.78, 5) is 22.9. The van der Waals surface area contributed by atoms with Gasteiger partial charge in [-0.25, -0.2) is 10.4 Å². The average molecular weight is 413 g/mol. The van der Waals surface area contributed by atoms with Gasteiger partial charge < -0.3 is 23.8 Å². The highest BCUT2D eigenvalue weighted by molar-refractivity contribution is 5.83. The first-order chi connectivity index (χ1) is 14.7. The van der Waals surface area contributed by atoms with Gasteiger partial charge in [0.15, 0.2) is 18.1 Å². The van der Waals surface area contributed by atoms with Crippen molar-refractivity contribution < 1.29 is 23.7 Å². The van der Waals surface area contributed by atoms with Gasteiger partial charge in [0.2, 0.25) is 11.8 Å². The molecule has 0 saturated carbocycles. The summed E-state index contributed by atoms with van der Waals surface area (Å²) in [6, 6.07) is 7.13. The highest BCUT2D eigenvalue weighted by Gasteiger charge is 2.16. The van der Waals surface area contributed by atoms with Gasteiger partial charge in [0, 0.05) is 24.8 Å². The van der Waals surface area contributed by atoms with E-state index in [9.17, 15) is 4.79 Å². The number of morpholine rings is 1. The van der Waals surface area contributed by atoms with Gasteiger partial charge in [0.05, 0.1) is 19.4 Å². The van der Waals surface area contributed by atoms with Crippen molar-refractivity contribution in [2.75, 3.05) is 51.0 Å². The van der Waals surface area contributed by atoms with Gasteiger partial charge in [-0.15, -0.1) is 0 Å². The lowest BCUT2D eigenvalue weighted by atomic mass is 10.2. The van der Waals surface area contributed by atoms with Crippen molar-refractivity contribution in [2.45, 2.75) is 6.92 Å². The number of rotatable bonds is 6. The SMILES string of the molecule is Cc1cc(OCC(=O)NN=Cc2ccc3c(c2)OCCO3)nc(N2CCOCC2)n1. The van der Waals surface area contributed by atoms with Crippen LogP contribution in [0.15, 0.2) is 29.4 Å². The lowest BCUT2D eigenvalue weighted by Crippen LogP contribution is -2.37.